The van der Waals surface area contributed by atoms with Crippen molar-refractivity contribution in [3.05, 3.63) is 0 Å². The van der Waals surface area contributed by atoms with E-state index in [1.165, 1.54) is 0 Å². The van der Waals surface area contributed by atoms with Gasteiger partial charge < -0.3 is 0 Å². The van der Waals surface area contributed by atoms with E-state index in [9.17, 15) is 35.1 Å². The lowest BCUT2D eigenvalue weighted by Crippen LogP contribution is -2.18. The molecular formula is C4H2F8O. The van der Waals surface area contributed by atoms with E-state index in [0.717, 1.165) is 0 Å². The molecule has 0 saturated heterocycles. The van der Waals surface area contributed by atoms with E-state index in [1.807, 2.05) is 0 Å². The Balaban J connectivity index is 0. The molecular weight excluding hydrogens is 216 g/mol. The molecule has 0 heterocycles. The predicted molar refractivity (Wildman–Crippen MR) is 24.2 cm³/mol. The Bertz CT molecular complexity index is 143. The van der Waals surface area contributed by atoms with Crippen molar-refractivity contribution in [2.75, 3.05) is 0 Å². The van der Waals surface area contributed by atoms with Crippen molar-refractivity contribution in [2.24, 2.45) is 0 Å². The SMILES string of the molecule is FC(F)C(F)(F)F.O=CC(F)(F)F. The zero-order valence-electron chi connectivity index (χ0n) is 5.59. The van der Waals surface area contributed by atoms with E-state index in [4.69, 9.17) is 4.79 Å². The first-order chi connectivity index (χ1) is 5.50. The number of aldehydes is 1. The number of alkyl halides is 8. The Morgan fingerprint density at radius 1 is 0.923 bits per heavy atom. The molecule has 0 aliphatic heterocycles. The second-order valence-corrected chi connectivity index (χ2v) is 1.50. The minimum atomic E-state index is -5.33. The van der Waals surface area contributed by atoms with Crippen LogP contribution in [0.4, 0.5) is 35.1 Å². The molecule has 1 nitrogen and oxygen atoms in total. The molecule has 13 heavy (non-hydrogen) atoms. The minimum absolute atomic E-state index is 1.06. The summed E-state index contributed by atoms with van der Waals surface area (Å²) >= 11 is 0. The zero-order chi connectivity index (χ0) is 11.3. The number of rotatable bonds is 0. The van der Waals surface area contributed by atoms with Crippen molar-refractivity contribution in [2.45, 2.75) is 18.8 Å². The summed E-state index contributed by atoms with van der Waals surface area (Å²) in [6.07, 6.45) is -15.2. The van der Waals surface area contributed by atoms with Crippen molar-refractivity contribution in [1.82, 2.24) is 0 Å². The molecule has 0 spiro atoms. The molecule has 0 N–H and O–H groups in total. The van der Waals surface area contributed by atoms with E-state index in [1.54, 1.807) is 0 Å². The Hall–Kier alpha value is -0.890. The van der Waals surface area contributed by atoms with E-state index in [-0.39, 0.29) is 0 Å². The summed E-state index contributed by atoms with van der Waals surface area (Å²) in [5, 5.41) is 0. The highest BCUT2D eigenvalue weighted by Gasteiger charge is 2.40. The average Bonchev–Trinajstić information content (AvgIpc) is 1.85. The number of hydrogen-bond acceptors (Lipinski definition) is 1. The normalized spacial score (nSPS) is 12.1. The van der Waals surface area contributed by atoms with Crippen LogP contribution in [0.25, 0.3) is 0 Å². The van der Waals surface area contributed by atoms with Crippen LogP contribution < -0.4 is 0 Å². The van der Waals surface area contributed by atoms with E-state index in [0.29, 0.717) is 0 Å². The van der Waals surface area contributed by atoms with Crippen molar-refractivity contribution in [3.63, 3.8) is 0 Å². The van der Waals surface area contributed by atoms with Gasteiger partial charge in [0.15, 0.2) is 0 Å². The molecule has 0 aliphatic carbocycles. The van der Waals surface area contributed by atoms with Crippen LogP contribution in [0, 0.1) is 0 Å². The van der Waals surface area contributed by atoms with Gasteiger partial charge in [-0.05, 0) is 0 Å². The summed E-state index contributed by atoms with van der Waals surface area (Å²) in [6.45, 7) is 0. The summed E-state index contributed by atoms with van der Waals surface area (Å²) in [5.74, 6) is 0. The van der Waals surface area contributed by atoms with Gasteiger partial charge in [-0.15, -0.1) is 0 Å². The molecule has 0 aromatic heterocycles. The smallest absolute Gasteiger partial charge is 0.293 e. The van der Waals surface area contributed by atoms with Crippen LogP contribution in [0.3, 0.4) is 0 Å². The molecule has 0 rings (SSSR count). The molecule has 0 saturated carbocycles. The van der Waals surface area contributed by atoms with Gasteiger partial charge in [0, 0.05) is 0 Å². The van der Waals surface area contributed by atoms with Crippen LogP contribution in [0.2, 0.25) is 0 Å². The van der Waals surface area contributed by atoms with Gasteiger partial charge in [0.05, 0.1) is 0 Å². The Morgan fingerprint density at radius 3 is 1.08 bits per heavy atom. The third-order valence-electron chi connectivity index (χ3n) is 0.381. The van der Waals surface area contributed by atoms with Gasteiger partial charge in [0.2, 0.25) is 6.29 Å². The summed E-state index contributed by atoms with van der Waals surface area (Å²) in [6, 6.07) is 0. The van der Waals surface area contributed by atoms with Crippen LogP contribution in [0.5, 0.6) is 0 Å². The Labute approximate surface area is 66.3 Å². The van der Waals surface area contributed by atoms with Crippen molar-refractivity contribution >= 4 is 6.29 Å². The maximum absolute atomic E-state index is 10.4. The number of carbonyl (C=O) groups is 1. The number of halogens is 8. The first-order valence-electron chi connectivity index (χ1n) is 2.38. The summed E-state index contributed by atoms with van der Waals surface area (Å²) in [4.78, 5) is 8.70. The highest BCUT2D eigenvalue weighted by molar-refractivity contribution is 5.56. The lowest BCUT2D eigenvalue weighted by molar-refractivity contribution is -0.219. The van der Waals surface area contributed by atoms with E-state index < -0.39 is 25.1 Å². The fraction of sp³-hybridized carbons (Fsp3) is 0.750. The predicted octanol–water partition coefficient (Wildman–Crippen LogP) is 2.56. The quantitative estimate of drug-likeness (QED) is 0.451. The molecule has 0 amide bonds. The topological polar surface area (TPSA) is 17.1 Å². The lowest BCUT2D eigenvalue weighted by Gasteiger charge is -2.00. The molecule has 80 valence electrons. The Morgan fingerprint density at radius 2 is 1.08 bits per heavy atom. The van der Waals surface area contributed by atoms with Crippen LogP contribution in [0.1, 0.15) is 0 Å². The molecule has 0 aromatic rings. The first-order valence-corrected chi connectivity index (χ1v) is 2.38. The third-order valence-corrected chi connectivity index (χ3v) is 0.381. The standard InChI is InChI=1S/C2HF5.C2HF3O/c3-1(4)2(5,6)7;3-2(4,5)1-6/h1H;1H. The highest BCUT2D eigenvalue weighted by Crippen LogP contribution is 2.22. The lowest BCUT2D eigenvalue weighted by atomic mass is 10.7. The molecule has 9 heteroatoms. The van der Waals surface area contributed by atoms with Crippen LogP contribution in [-0.4, -0.2) is 25.1 Å². The zero-order valence-corrected chi connectivity index (χ0v) is 5.59. The molecule has 0 aliphatic rings. The van der Waals surface area contributed by atoms with Crippen LogP contribution in [-0.2, 0) is 4.79 Å². The summed E-state index contributed by atoms with van der Waals surface area (Å²) < 4.78 is 83.4. The van der Waals surface area contributed by atoms with Gasteiger partial charge in [-0.3, -0.25) is 4.79 Å². The Kier molecular flexibility index (Phi) is 5.60. The van der Waals surface area contributed by atoms with E-state index in [2.05, 4.69) is 0 Å². The molecule has 0 fully saturated rings. The van der Waals surface area contributed by atoms with Gasteiger partial charge in [-0.25, -0.2) is 8.78 Å². The molecule has 0 atom stereocenters. The van der Waals surface area contributed by atoms with Gasteiger partial charge in [-0.2, -0.15) is 26.3 Å². The second kappa shape index (κ2) is 4.97. The van der Waals surface area contributed by atoms with E-state index >= 15 is 0 Å². The third kappa shape index (κ3) is 14.0. The minimum Gasteiger partial charge on any atom is -0.293 e. The van der Waals surface area contributed by atoms with Crippen LogP contribution in [0.15, 0.2) is 0 Å². The van der Waals surface area contributed by atoms with Crippen molar-refractivity contribution in [3.8, 4) is 0 Å². The monoisotopic (exact) mass is 218 g/mol. The largest absolute Gasteiger partial charge is 0.450 e. The maximum Gasteiger partial charge on any atom is 0.450 e. The fourth-order valence-electron chi connectivity index (χ4n) is 0. The average molecular weight is 218 g/mol. The fourth-order valence-corrected chi connectivity index (χ4v) is 0. The molecule has 0 bridgehead atoms. The van der Waals surface area contributed by atoms with Crippen molar-refractivity contribution < 1.29 is 39.9 Å². The number of carbonyl (C=O) groups excluding carboxylic acids is 1. The first kappa shape index (κ1) is 14.6. The van der Waals surface area contributed by atoms with Crippen LogP contribution >= 0.6 is 0 Å². The van der Waals surface area contributed by atoms with Gasteiger partial charge in [0.1, 0.15) is 0 Å². The maximum atomic E-state index is 10.4. The highest BCUT2D eigenvalue weighted by atomic mass is 19.4. The van der Waals surface area contributed by atoms with Crippen molar-refractivity contribution in [1.29, 1.82) is 0 Å². The van der Waals surface area contributed by atoms with Gasteiger partial charge in [0.25, 0.3) is 0 Å². The molecule has 0 aromatic carbocycles. The van der Waals surface area contributed by atoms with Gasteiger partial charge in [-0.1, -0.05) is 0 Å². The summed E-state index contributed by atoms with van der Waals surface area (Å²) in [5.41, 5.74) is 0. The molecule has 0 unspecified atom stereocenters. The second-order valence-electron chi connectivity index (χ2n) is 1.50. The molecule has 0 radical (unpaired) electrons. The summed E-state index contributed by atoms with van der Waals surface area (Å²) in [7, 11) is 0. The number of hydrogen-bond donors (Lipinski definition) is 0. The van der Waals surface area contributed by atoms with Gasteiger partial charge >= 0.3 is 18.8 Å².